The molecule has 5 aliphatic rings. The average molecular weight is 472 g/mol. The molecule has 7 nitrogen and oxygen atoms in total. The van der Waals surface area contributed by atoms with Crippen molar-refractivity contribution in [2.24, 2.45) is 44.8 Å². The Morgan fingerprint density at radius 3 is 2.74 bits per heavy atom. The maximum absolute atomic E-state index is 12.0. The molecule has 4 aliphatic carbocycles. The van der Waals surface area contributed by atoms with Crippen molar-refractivity contribution in [3.05, 3.63) is 12.2 Å². The maximum atomic E-state index is 12.0. The highest BCUT2D eigenvalue weighted by atomic mass is 16.6. The van der Waals surface area contributed by atoms with Gasteiger partial charge in [-0.1, -0.05) is 29.4 Å². The summed E-state index contributed by atoms with van der Waals surface area (Å²) in [6.45, 7) is 10.7. The fourth-order valence-corrected chi connectivity index (χ4v) is 8.25. The van der Waals surface area contributed by atoms with Gasteiger partial charge in [0.25, 0.3) is 0 Å². The lowest BCUT2D eigenvalue weighted by molar-refractivity contribution is -0.153. The summed E-state index contributed by atoms with van der Waals surface area (Å²) in [5, 5.41) is 12.6. The van der Waals surface area contributed by atoms with Crippen LogP contribution in [0, 0.1) is 34.5 Å². The third kappa shape index (κ3) is 3.98. The Labute approximate surface area is 203 Å². The summed E-state index contributed by atoms with van der Waals surface area (Å²) in [5.41, 5.74) is 3.75. The van der Waals surface area contributed by atoms with Crippen LogP contribution in [0.25, 0.3) is 0 Å². The number of carbonyl (C=O) groups is 1. The zero-order valence-corrected chi connectivity index (χ0v) is 21.1. The van der Waals surface area contributed by atoms with Crippen LogP contribution in [0.1, 0.15) is 71.6 Å². The van der Waals surface area contributed by atoms with Gasteiger partial charge in [-0.3, -0.25) is 4.79 Å². The number of allylic oxidation sites excluding steroid dienone is 1. The van der Waals surface area contributed by atoms with Gasteiger partial charge in [0.15, 0.2) is 0 Å². The molecular weight excluding hydrogens is 430 g/mol. The van der Waals surface area contributed by atoms with Crippen LogP contribution in [0.4, 0.5) is 0 Å². The van der Waals surface area contributed by atoms with Crippen molar-refractivity contribution >= 4 is 17.4 Å². The van der Waals surface area contributed by atoms with E-state index in [1.54, 1.807) is 7.11 Å². The molecular formula is C27H41N3O4. The highest BCUT2D eigenvalue weighted by Crippen LogP contribution is 2.66. The van der Waals surface area contributed by atoms with Gasteiger partial charge in [-0.05, 0) is 81.1 Å². The first kappa shape index (κ1) is 23.8. The molecule has 0 bridgehead atoms. The van der Waals surface area contributed by atoms with E-state index in [1.165, 1.54) is 25.3 Å². The topological polar surface area (TPSA) is 81.5 Å². The number of fused-ring (bicyclic) bond motifs is 5. The lowest BCUT2D eigenvalue weighted by Gasteiger charge is -2.60. The van der Waals surface area contributed by atoms with E-state index in [2.05, 4.69) is 29.1 Å². The van der Waals surface area contributed by atoms with Gasteiger partial charge in [0.2, 0.25) is 0 Å². The Balaban J connectivity index is 1.47. The molecule has 0 amide bonds. The quantitative estimate of drug-likeness (QED) is 0.363. The highest BCUT2D eigenvalue weighted by molar-refractivity contribution is 5.95. The number of carbonyl (C=O) groups excluding carboxylic acids is 1. The van der Waals surface area contributed by atoms with E-state index < -0.39 is 0 Å². The first-order chi connectivity index (χ1) is 16.4. The molecule has 0 spiro atoms. The molecule has 7 heteroatoms. The Kier molecular flexibility index (Phi) is 6.51. The molecule has 34 heavy (non-hydrogen) atoms. The minimum atomic E-state index is -0.202. The predicted octanol–water partition coefficient (Wildman–Crippen LogP) is 4.48. The molecule has 1 heterocycles. The van der Waals surface area contributed by atoms with E-state index in [1.807, 2.05) is 0 Å². The molecule has 4 saturated carbocycles. The number of nitrogens with one attached hydrogen (secondary N) is 1. The van der Waals surface area contributed by atoms with Crippen molar-refractivity contribution in [3.63, 3.8) is 0 Å². The van der Waals surface area contributed by atoms with E-state index in [9.17, 15) is 4.79 Å². The Morgan fingerprint density at radius 2 is 2.00 bits per heavy atom. The largest absolute Gasteiger partial charge is 0.465 e. The summed E-state index contributed by atoms with van der Waals surface area (Å²) in [6.07, 6.45) is 9.44. The molecule has 0 aromatic heterocycles. The van der Waals surface area contributed by atoms with Crippen LogP contribution in [0.5, 0.6) is 0 Å². The molecule has 1 aliphatic heterocycles. The fourth-order valence-electron chi connectivity index (χ4n) is 8.25. The number of ether oxygens (including phenoxy) is 1. The average Bonchev–Trinajstić information content (AvgIpc) is 3.45. The molecule has 188 valence electrons. The minimum absolute atomic E-state index is 0.120. The van der Waals surface area contributed by atoms with Crippen molar-refractivity contribution in [2.45, 2.75) is 77.7 Å². The minimum Gasteiger partial charge on any atom is -0.465 e. The predicted molar refractivity (Wildman–Crippen MR) is 131 cm³/mol. The van der Waals surface area contributed by atoms with Gasteiger partial charge in [-0.15, -0.1) is 0 Å². The third-order valence-corrected chi connectivity index (χ3v) is 10.1. The maximum Gasteiger partial charge on any atom is 0.302 e. The summed E-state index contributed by atoms with van der Waals surface area (Å²) < 4.78 is 5.82. The zero-order valence-electron chi connectivity index (χ0n) is 21.1. The Bertz CT molecular complexity index is 879. The van der Waals surface area contributed by atoms with Crippen molar-refractivity contribution in [1.29, 1.82) is 0 Å². The second-order valence-electron chi connectivity index (χ2n) is 11.6. The lowest BCUT2D eigenvalue weighted by Crippen LogP contribution is -2.59. The summed E-state index contributed by atoms with van der Waals surface area (Å²) in [4.78, 5) is 23.3. The molecule has 5 fully saturated rings. The van der Waals surface area contributed by atoms with Crippen LogP contribution in [-0.2, 0) is 19.2 Å². The van der Waals surface area contributed by atoms with E-state index in [4.69, 9.17) is 14.4 Å². The van der Waals surface area contributed by atoms with E-state index >= 15 is 0 Å². The first-order valence-electron chi connectivity index (χ1n) is 13.2. The number of esters is 1. The second-order valence-corrected chi connectivity index (χ2v) is 11.6. The molecule has 1 saturated heterocycles. The van der Waals surface area contributed by atoms with Gasteiger partial charge < -0.3 is 19.7 Å². The molecule has 5 unspecified atom stereocenters. The van der Waals surface area contributed by atoms with Crippen LogP contribution in [0.15, 0.2) is 22.5 Å². The lowest BCUT2D eigenvalue weighted by atomic mass is 9.44. The summed E-state index contributed by atoms with van der Waals surface area (Å²) in [7, 11) is 1.64. The SMILES string of the molecule is C=C1CCC2C3CC(=NOC)C4CC(=NOC5CCNC5)CC[C@]4(COC(C)=O)C3CC[C@]12C. The van der Waals surface area contributed by atoms with Crippen molar-refractivity contribution in [1.82, 2.24) is 5.32 Å². The smallest absolute Gasteiger partial charge is 0.302 e. The van der Waals surface area contributed by atoms with Gasteiger partial charge in [0.05, 0.1) is 18.0 Å². The van der Waals surface area contributed by atoms with Gasteiger partial charge >= 0.3 is 5.97 Å². The van der Waals surface area contributed by atoms with Crippen molar-refractivity contribution < 1.29 is 19.2 Å². The second kappa shape index (κ2) is 9.29. The van der Waals surface area contributed by atoms with Gasteiger partial charge in [0, 0.05) is 31.2 Å². The standard InChI is InChI=1S/C27H41N3O4/c1-17-5-6-22-21-14-25(30-32-4)24-13-19(29-34-20-9-12-28-15-20)7-11-27(24,16-33-18(2)31)23(21)8-10-26(17,22)3/h20-24,28H,1,5-16H2,2-4H3/t20?,21?,22?,23?,24?,26-,27+/m1/s1. The number of rotatable bonds is 5. The van der Waals surface area contributed by atoms with Crippen LogP contribution in [0.2, 0.25) is 0 Å². The van der Waals surface area contributed by atoms with Gasteiger partial charge in [0.1, 0.15) is 13.2 Å². The van der Waals surface area contributed by atoms with E-state index in [0.29, 0.717) is 24.4 Å². The number of hydrogen-bond acceptors (Lipinski definition) is 7. The van der Waals surface area contributed by atoms with Crippen LogP contribution < -0.4 is 5.32 Å². The molecule has 7 atom stereocenters. The fraction of sp³-hybridized carbons (Fsp3) is 0.815. The monoisotopic (exact) mass is 471 g/mol. The molecule has 0 aromatic carbocycles. The summed E-state index contributed by atoms with van der Waals surface area (Å²) in [6, 6.07) is 0. The normalized spacial score (nSPS) is 43.9. The van der Waals surface area contributed by atoms with Crippen LogP contribution in [0.3, 0.4) is 0 Å². The molecule has 0 aromatic rings. The van der Waals surface area contributed by atoms with Crippen LogP contribution >= 0.6 is 0 Å². The van der Waals surface area contributed by atoms with E-state index in [-0.39, 0.29) is 28.8 Å². The van der Waals surface area contributed by atoms with E-state index in [0.717, 1.165) is 69.5 Å². The number of hydrogen-bond donors (Lipinski definition) is 1. The molecule has 5 rings (SSSR count). The van der Waals surface area contributed by atoms with Crippen molar-refractivity contribution in [3.8, 4) is 0 Å². The third-order valence-electron chi connectivity index (χ3n) is 10.1. The Morgan fingerprint density at radius 1 is 1.15 bits per heavy atom. The summed E-state index contributed by atoms with van der Waals surface area (Å²) in [5.74, 6) is 1.62. The molecule has 0 radical (unpaired) electrons. The number of nitrogens with zero attached hydrogens (tertiary/aromatic N) is 2. The van der Waals surface area contributed by atoms with Gasteiger partial charge in [-0.2, -0.15) is 0 Å². The number of oxime groups is 2. The first-order valence-corrected chi connectivity index (χ1v) is 13.2. The Hall–Kier alpha value is -1.89. The zero-order chi connectivity index (χ0) is 23.9. The van der Waals surface area contributed by atoms with Crippen molar-refractivity contribution in [2.75, 3.05) is 26.8 Å². The van der Waals surface area contributed by atoms with Gasteiger partial charge in [-0.25, -0.2) is 0 Å². The van der Waals surface area contributed by atoms with Crippen LogP contribution in [-0.4, -0.2) is 50.3 Å². The molecule has 1 N–H and O–H groups in total. The summed E-state index contributed by atoms with van der Waals surface area (Å²) >= 11 is 0. The highest BCUT2D eigenvalue weighted by Gasteiger charge is 2.62.